The van der Waals surface area contributed by atoms with Crippen molar-refractivity contribution in [1.82, 2.24) is 0 Å². The van der Waals surface area contributed by atoms with Gasteiger partial charge in [0.2, 0.25) is 10.0 Å². The maximum Gasteiger partial charge on any atom is 0.259 e. The van der Waals surface area contributed by atoms with E-state index in [1.165, 1.54) is 20.2 Å². The molecule has 2 aromatic rings. The lowest BCUT2D eigenvalue weighted by molar-refractivity contribution is 0.102. The van der Waals surface area contributed by atoms with Crippen molar-refractivity contribution in [3.63, 3.8) is 0 Å². The fraction of sp³-hybridized carbons (Fsp3) is 0.235. The van der Waals surface area contributed by atoms with Gasteiger partial charge >= 0.3 is 0 Å². The van der Waals surface area contributed by atoms with Crippen LogP contribution in [0.25, 0.3) is 0 Å². The number of carbonyl (C=O) groups excluding carboxylic acids is 1. The van der Waals surface area contributed by atoms with E-state index < -0.39 is 10.0 Å². The summed E-state index contributed by atoms with van der Waals surface area (Å²) < 4.78 is 29.7. The number of hydrogen-bond acceptors (Lipinski definition) is 4. The minimum Gasteiger partial charge on any atom is -0.496 e. The van der Waals surface area contributed by atoms with E-state index in [1.54, 1.807) is 18.2 Å². The van der Waals surface area contributed by atoms with Crippen molar-refractivity contribution in [3.8, 4) is 5.75 Å². The molecule has 128 valence electrons. The first-order valence-corrected chi connectivity index (χ1v) is 9.08. The number of para-hydroxylation sites is 1. The van der Waals surface area contributed by atoms with Crippen LogP contribution in [0.15, 0.2) is 42.5 Å². The van der Waals surface area contributed by atoms with Crippen molar-refractivity contribution < 1.29 is 17.9 Å². The van der Waals surface area contributed by atoms with Gasteiger partial charge < -0.3 is 10.1 Å². The third-order valence-electron chi connectivity index (χ3n) is 3.68. The number of sulfonamides is 1. The smallest absolute Gasteiger partial charge is 0.259 e. The van der Waals surface area contributed by atoms with E-state index >= 15 is 0 Å². The van der Waals surface area contributed by atoms with Crippen LogP contribution in [-0.2, 0) is 10.0 Å². The van der Waals surface area contributed by atoms with Crippen LogP contribution in [0.4, 0.5) is 11.4 Å². The molecule has 0 aromatic heterocycles. The van der Waals surface area contributed by atoms with Gasteiger partial charge in [-0.15, -0.1) is 0 Å². The highest BCUT2D eigenvalue weighted by Crippen LogP contribution is 2.27. The number of ether oxygens (including phenoxy) is 1. The SMILES string of the molecule is COc1ccc(N(C)S(C)(=O)=O)cc1C(=O)Nc1ccccc1C. The second-order valence-corrected chi connectivity index (χ2v) is 7.40. The van der Waals surface area contributed by atoms with Crippen LogP contribution in [0.5, 0.6) is 5.75 Å². The molecule has 0 radical (unpaired) electrons. The van der Waals surface area contributed by atoms with Gasteiger partial charge in [-0.1, -0.05) is 18.2 Å². The van der Waals surface area contributed by atoms with E-state index in [0.29, 0.717) is 17.1 Å². The van der Waals surface area contributed by atoms with E-state index in [4.69, 9.17) is 4.74 Å². The van der Waals surface area contributed by atoms with Gasteiger partial charge in [0.1, 0.15) is 5.75 Å². The van der Waals surface area contributed by atoms with Crippen molar-refractivity contribution in [2.45, 2.75) is 6.92 Å². The first-order chi connectivity index (χ1) is 11.2. The zero-order valence-electron chi connectivity index (χ0n) is 14.0. The second kappa shape index (κ2) is 6.92. The van der Waals surface area contributed by atoms with Gasteiger partial charge in [-0.3, -0.25) is 9.10 Å². The maximum atomic E-state index is 12.6. The molecule has 7 heteroatoms. The zero-order valence-corrected chi connectivity index (χ0v) is 14.8. The molecular weight excluding hydrogens is 328 g/mol. The molecular formula is C17H20N2O4S. The lowest BCUT2D eigenvalue weighted by Crippen LogP contribution is -2.25. The number of nitrogens with zero attached hydrogens (tertiary/aromatic N) is 1. The van der Waals surface area contributed by atoms with Crippen LogP contribution >= 0.6 is 0 Å². The molecule has 0 aliphatic carbocycles. The maximum absolute atomic E-state index is 12.6. The first-order valence-electron chi connectivity index (χ1n) is 7.23. The first kappa shape index (κ1) is 17.8. The fourth-order valence-corrected chi connectivity index (χ4v) is 2.66. The van der Waals surface area contributed by atoms with Crippen LogP contribution in [0.1, 0.15) is 15.9 Å². The van der Waals surface area contributed by atoms with Gasteiger partial charge in [0.25, 0.3) is 5.91 Å². The quantitative estimate of drug-likeness (QED) is 0.901. The topological polar surface area (TPSA) is 75.7 Å². The van der Waals surface area contributed by atoms with E-state index in [0.717, 1.165) is 16.1 Å². The van der Waals surface area contributed by atoms with Gasteiger partial charge in [0, 0.05) is 12.7 Å². The monoisotopic (exact) mass is 348 g/mol. The van der Waals surface area contributed by atoms with Gasteiger partial charge in [-0.25, -0.2) is 8.42 Å². The molecule has 0 aliphatic rings. The van der Waals surface area contributed by atoms with Crippen LogP contribution in [0, 0.1) is 6.92 Å². The fourth-order valence-electron chi connectivity index (χ4n) is 2.16. The molecule has 0 saturated heterocycles. The van der Waals surface area contributed by atoms with E-state index in [9.17, 15) is 13.2 Å². The van der Waals surface area contributed by atoms with E-state index in [-0.39, 0.29) is 11.5 Å². The molecule has 0 bridgehead atoms. The highest BCUT2D eigenvalue weighted by Gasteiger charge is 2.18. The third kappa shape index (κ3) is 3.86. The van der Waals surface area contributed by atoms with Crippen molar-refractivity contribution in [3.05, 3.63) is 53.6 Å². The molecule has 0 atom stereocenters. The summed E-state index contributed by atoms with van der Waals surface area (Å²) in [4.78, 5) is 12.6. The van der Waals surface area contributed by atoms with Gasteiger partial charge in [-0.05, 0) is 36.8 Å². The summed E-state index contributed by atoms with van der Waals surface area (Å²) in [5.74, 6) is -0.00311. The Morgan fingerprint density at radius 2 is 1.83 bits per heavy atom. The molecule has 24 heavy (non-hydrogen) atoms. The van der Waals surface area contributed by atoms with Crippen molar-refractivity contribution in [2.75, 3.05) is 30.0 Å². The summed E-state index contributed by atoms with van der Waals surface area (Å²) in [6.07, 6.45) is 1.10. The lowest BCUT2D eigenvalue weighted by atomic mass is 10.1. The molecule has 0 aliphatic heterocycles. The molecule has 0 unspecified atom stereocenters. The highest BCUT2D eigenvalue weighted by molar-refractivity contribution is 7.92. The summed E-state index contributed by atoms with van der Waals surface area (Å²) >= 11 is 0. The number of methoxy groups -OCH3 is 1. The summed E-state index contributed by atoms with van der Waals surface area (Å²) in [7, 11) is -0.534. The Morgan fingerprint density at radius 3 is 2.42 bits per heavy atom. The minimum absolute atomic E-state index is 0.258. The molecule has 0 fully saturated rings. The van der Waals surface area contributed by atoms with Crippen LogP contribution in [0.3, 0.4) is 0 Å². The number of amides is 1. The predicted octanol–water partition coefficient (Wildman–Crippen LogP) is 2.65. The molecule has 0 spiro atoms. The predicted molar refractivity (Wildman–Crippen MR) is 95.4 cm³/mol. The Labute approximate surface area is 142 Å². The molecule has 6 nitrogen and oxygen atoms in total. The number of rotatable bonds is 5. The molecule has 1 N–H and O–H groups in total. The Kier molecular flexibility index (Phi) is 5.14. The average molecular weight is 348 g/mol. The van der Waals surface area contributed by atoms with Gasteiger partial charge in [-0.2, -0.15) is 0 Å². The van der Waals surface area contributed by atoms with Gasteiger partial charge in [0.15, 0.2) is 0 Å². The van der Waals surface area contributed by atoms with Crippen molar-refractivity contribution in [1.29, 1.82) is 0 Å². The molecule has 0 saturated carbocycles. The second-order valence-electron chi connectivity index (χ2n) is 5.38. The molecule has 1 amide bonds. The summed E-state index contributed by atoms with van der Waals surface area (Å²) in [5.41, 5.74) is 2.25. The lowest BCUT2D eigenvalue weighted by Gasteiger charge is -2.19. The molecule has 2 aromatic carbocycles. The number of anilines is 2. The zero-order chi connectivity index (χ0) is 17.9. The van der Waals surface area contributed by atoms with Crippen molar-refractivity contribution in [2.24, 2.45) is 0 Å². The number of hydrogen-bond donors (Lipinski definition) is 1. The van der Waals surface area contributed by atoms with Crippen LogP contribution in [0.2, 0.25) is 0 Å². The Balaban J connectivity index is 2.40. The Morgan fingerprint density at radius 1 is 1.17 bits per heavy atom. The summed E-state index contributed by atoms with van der Waals surface area (Å²) in [6.45, 7) is 1.89. The van der Waals surface area contributed by atoms with E-state index in [1.807, 2.05) is 25.1 Å². The Hall–Kier alpha value is -2.54. The normalized spacial score (nSPS) is 11.0. The Bertz CT molecular complexity index is 863. The molecule has 2 rings (SSSR count). The number of benzene rings is 2. The average Bonchev–Trinajstić information content (AvgIpc) is 2.54. The van der Waals surface area contributed by atoms with E-state index in [2.05, 4.69) is 5.32 Å². The number of aryl methyl sites for hydroxylation is 1. The highest BCUT2D eigenvalue weighted by atomic mass is 32.2. The summed E-state index contributed by atoms with van der Waals surface area (Å²) in [6, 6.07) is 12.1. The standard InChI is InChI=1S/C17H20N2O4S/c1-12-7-5-6-8-15(12)18-17(20)14-11-13(9-10-16(14)23-3)19(2)24(4,21)22/h5-11H,1-4H3,(H,18,20). The molecule has 0 heterocycles. The number of nitrogens with one attached hydrogen (secondary N) is 1. The van der Waals surface area contributed by atoms with Crippen LogP contribution < -0.4 is 14.4 Å². The minimum atomic E-state index is -3.42. The number of carbonyl (C=O) groups is 1. The third-order valence-corrected chi connectivity index (χ3v) is 4.89. The van der Waals surface area contributed by atoms with Gasteiger partial charge in [0.05, 0.1) is 24.6 Å². The summed E-state index contributed by atoms with van der Waals surface area (Å²) in [5, 5.41) is 2.82. The van der Waals surface area contributed by atoms with Crippen LogP contribution in [-0.4, -0.2) is 34.7 Å². The largest absolute Gasteiger partial charge is 0.496 e. The van der Waals surface area contributed by atoms with Crippen molar-refractivity contribution >= 4 is 27.3 Å².